The SMILES string of the molecule is COc1ccc2oc(C(=O)N[C@H]3CCc4nnc(C)n4C3)c(C)c2c1. The van der Waals surface area contributed by atoms with Gasteiger partial charge in [0.15, 0.2) is 5.76 Å². The highest BCUT2D eigenvalue weighted by Gasteiger charge is 2.25. The van der Waals surface area contributed by atoms with Crippen LogP contribution in [-0.4, -0.2) is 33.8 Å². The summed E-state index contributed by atoms with van der Waals surface area (Å²) in [6, 6.07) is 5.57. The predicted octanol–water partition coefficient (Wildman–Crippen LogP) is 2.39. The van der Waals surface area contributed by atoms with Gasteiger partial charge in [-0.1, -0.05) is 0 Å². The molecule has 1 N–H and O–H groups in total. The topological polar surface area (TPSA) is 82.2 Å². The first-order valence-corrected chi connectivity index (χ1v) is 8.33. The number of fused-ring (bicyclic) bond motifs is 2. The van der Waals surface area contributed by atoms with Crippen LogP contribution in [0.25, 0.3) is 11.0 Å². The smallest absolute Gasteiger partial charge is 0.287 e. The van der Waals surface area contributed by atoms with Gasteiger partial charge in [-0.25, -0.2) is 0 Å². The van der Waals surface area contributed by atoms with E-state index < -0.39 is 0 Å². The minimum absolute atomic E-state index is 0.0387. The van der Waals surface area contributed by atoms with Gasteiger partial charge in [0.25, 0.3) is 5.91 Å². The van der Waals surface area contributed by atoms with E-state index in [9.17, 15) is 4.79 Å². The molecular formula is C18H20N4O3. The van der Waals surface area contributed by atoms with E-state index in [1.165, 1.54) is 0 Å². The highest BCUT2D eigenvalue weighted by Crippen LogP contribution is 2.29. The summed E-state index contributed by atoms with van der Waals surface area (Å²) in [5.74, 6) is 2.77. The molecule has 1 atom stereocenters. The maximum atomic E-state index is 12.7. The molecule has 0 spiro atoms. The van der Waals surface area contributed by atoms with Gasteiger partial charge in [0.05, 0.1) is 7.11 Å². The Bertz CT molecular complexity index is 957. The first-order valence-electron chi connectivity index (χ1n) is 8.33. The fourth-order valence-corrected chi connectivity index (χ4v) is 3.37. The average Bonchev–Trinajstić information content (AvgIpc) is 3.15. The zero-order valence-corrected chi connectivity index (χ0v) is 14.5. The standard InChI is InChI=1S/C18H20N4O3/c1-10-14-8-13(24-3)5-6-15(14)25-17(10)18(23)19-12-4-7-16-21-20-11(2)22(16)9-12/h5-6,8,12H,4,7,9H2,1-3H3,(H,19,23)/t12-/m0/s1. The third-order valence-corrected chi connectivity index (χ3v) is 4.82. The van der Waals surface area contributed by atoms with Crippen molar-refractivity contribution < 1.29 is 13.9 Å². The number of carbonyl (C=O) groups is 1. The summed E-state index contributed by atoms with van der Waals surface area (Å²) in [4.78, 5) is 12.7. The lowest BCUT2D eigenvalue weighted by molar-refractivity contribution is 0.0900. The van der Waals surface area contributed by atoms with Crippen LogP contribution in [-0.2, 0) is 13.0 Å². The lowest BCUT2D eigenvalue weighted by Crippen LogP contribution is -2.41. The summed E-state index contributed by atoms with van der Waals surface area (Å²) in [5.41, 5.74) is 1.51. The molecule has 3 aromatic rings. The van der Waals surface area contributed by atoms with Crippen LogP contribution in [0.4, 0.5) is 0 Å². The summed E-state index contributed by atoms with van der Waals surface area (Å²) in [6.45, 7) is 4.51. The van der Waals surface area contributed by atoms with Gasteiger partial charge < -0.3 is 19.0 Å². The Kier molecular flexibility index (Phi) is 3.71. The monoisotopic (exact) mass is 340 g/mol. The Labute approximate surface area is 145 Å². The number of amides is 1. The molecule has 0 fully saturated rings. The van der Waals surface area contributed by atoms with Gasteiger partial charge in [-0.3, -0.25) is 4.79 Å². The highest BCUT2D eigenvalue weighted by molar-refractivity contribution is 5.99. The average molecular weight is 340 g/mol. The van der Waals surface area contributed by atoms with Gasteiger partial charge in [0.2, 0.25) is 0 Å². The van der Waals surface area contributed by atoms with Crippen LogP contribution in [0, 0.1) is 13.8 Å². The second-order valence-corrected chi connectivity index (χ2v) is 6.40. The van der Waals surface area contributed by atoms with E-state index >= 15 is 0 Å². The van der Waals surface area contributed by atoms with Gasteiger partial charge in [0.1, 0.15) is 23.0 Å². The van der Waals surface area contributed by atoms with E-state index in [0.29, 0.717) is 17.9 Å². The number of methoxy groups -OCH3 is 1. The number of aromatic nitrogens is 3. The number of furan rings is 1. The summed E-state index contributed by atoms with van der Waals surface area (Å²) < 4.78 is 13.1. The van der Waals surface area contributed by atoms with Crippen LogP contribution < -0.4 is 10.1 Å². The van der Waals surface area contributed by atoms with Crippen LogP contribution in [0.15, 0.2) is 22.6 Å². The molecule has 0 unspecified atom stereocenters. The third kappa shape index (κ3) is 2.65. The molecule has 3 heterocycles. The number of nitrogens with one attached hydrogen (secondary N) is 1. The maximum absolute atomic E-state index is 12.7. The van der Waals surface area contributed by atoms with Gasteiger partial charge >= 0.3 is 0 Å². The maximum Gasteiger partial charge on any atom is 0.287 e. The van der Waals surface area contributed by atoms with Crippen molar-refractivity contribution in [2.24, 2.45) is 0 Å². The number of nitrogens with zero attached hydrogens (tertiary/aromatic N) is 3. The lowest BCUT2D eigenvalue weighted by Gasteiger charge is -2.24. The molecule has 0 saturated heterocycles. The molecule has 0 saturated carbocycles. The number of carbonyl (C=O) groups excluding carboxylic acids is 1. The van der Waals surface area contributed by atoms with E-state index in [2.05, 4.69) is 20.1 Å². The molecule has 1 aromatic carbocycles. The predicted molar refractivity (Wildman–Crippen MR) is 91.8 cm³/mol. The van der Waals surface area contributed by atoms with Crippen molar-refractivity contribution >= 4 is 16.9 Å². The van der Waals surface area contributed by atoms with Crippen molar-refractivity contribution in [3.8, 4) is 5.75 Å². The van der Waals surface area contributed by atoms with Crippen molar-refractivity contribution in [2.45, 2.75) is 39.3 Å². The van der Waals surface area contributed by atoms with Gasteiger partial charge in [0, 0.05) is 30.0 Å². The van der Waals surface area contributed by atoms with E-state index in [1.54, 1.807) is 7.11 Å². The lowest BCUT2D eigenvalue weighted by atomic mass is 10.1. The Morgan fingerprint density at radius 2 is 2.20 bits per heavy atom. The molecule has 7 heteroatoms. The Balaban J connectivity index is 1.56. The molecule has 0 aliphatic carbocycles. The minimum Gasteiger partial charge on any atom is -0.497 e. The van der Waals surface area contributed by atoms with E-state index in [0.717, 1.165) is 41.2 Å². The molecule has 7 nitrogen and oxygen atoms in total. The summed E-state index contributed by atoms with van der Waals surface area (Å²) >= 11 is 0. The molecule has 130 valence electrons. The number of hydrogen-bond donors (Lipinski definition) is 1. The molecule has 2 aromatic heterocycles. The summed E-state index contributed by atoms with van der Waals surface area (Å²) in [5, 5.41) is 12.2. The first kappa shape index (κ1) is 15.7. The van der Waals surface area contributed by atoms with Gasteiger partial charge in [-0.05, 0) is 38.5 Å². The fraction of sp³-hybridized carbons (Fsp3) is 0.389. The Morgan fingerprint density at radius 3 is 3.00 bits per heavy atom. The van der Waals surface area contributed by atoms with Gasteiger partial charge in [-0.15, -0.1) is 10.2 Å². The van der Waals surface area contributed by atoms with Crippen LogP contribution in [0.3, 0.4) is 0 Å². The molecule has 1 aliphatic rings. The quantitative estimate of drug-likeness (QED) is 0.792. The van der Waals surface area contributed by atoms with Crippen molar-refractivity contribution in [1.82, 2.24) is 20.1 Å². The second-order valence-electron chi connectivity index (χ2n) is 6.40. The molecule has 4 rings (SSSR count). The minimum atomic E-state index is -0.188. The van der Waals surface area contributed by atoms with Crippen molar-refractivity contribution in [1.29, 1.82) is 0 Å². The first-order chi connectivity index (χ1) is 12.1. The zero-order valence-electron chi connectivity index (χ0n) is 14.5. The Hall–Kier alpha value is -2.83. The molecule has 1 amide bonds. The largest absolute Gasteiger partial charge is 0.497 e. The molecular weight excluding hydrogens is 320 g/mol. The van der Waals surface area contributed by atoms with E-state index in [4.69, 9.17) is 9.15 Å². The molecule has 1 aliphatic heterocycles. The number of ether oxygens (including phenoxy) is 1. The summed E-state index contributed by atoms with van der Waals surface area (Å²) in [6.07, 6.45) is 1.65. The summed E-state index contributed by atoms with van der Waals surface area (Å²) in [7, 11) is 1.62. The fourth-order valence-electron chi connectivity index (χ4n) is 3.37. The zero-order chi connectivity index (χ0) is 17.6. The molecule has 0 radical (unpaired) electrons. The molecule has 0 bridgehead atoms. The second kappa shape index (κ2) is 5.91. The van der Waals surface area contributed by atoms with Crippen LogP contribution >= 0.6 is 0 Å². The number of aryl methyl sites for hydroxylation is 3. The van der Waals surface area contributed by atoms with Crippen molar-refractivity contribution in [3.63, 3.8) is 0 Å². The normalized spacial score (nSPS) is 16.7. The Morgan fingerprint density at radius 1 is 1.36 bits per heavy atom. The number of hydrogen-bond acceptors (Lipinski definition) is 5. The van der Waals surface area contributed by atoms with Crippen molar-refractivity contribution in [3.05, 3.63) is 41.2 Å². The van der Waals surface area contributed by atoms with Crippen LogP contribution in [0.2, 0.25) is 0 Å². The van der Waals surface area contributed by atoms with E-state index in [-0.39, 0.29) is 11.9 Å². The van der Waals surface area contributed by atoms with E-state index in [1.807, 2.05) is 32.0 Å². The van der Waals surface area contributed by atoms with Crippen LogP contribution in [0.5, 0.6) is 5.75 Å². The number of rotatable bonds is 3. The number of benzene rings is 1. The van der Waals surface area contributed by atoms with Crippen molar-refractivity contribution in [2.75, 3.05) is 7.11 Å². The molecule has 25 heavy (non-hydrogen) atoms. The highest BCUT2D eigenvalue weighted by atomic mass is 16.5. The van der Waals surface area contributed by atoms with Crippen LogP contribution in [0.1, 0.15) is 34.2 Å². The third-order valence-electron chi connectivity index (χ3n) is 4.82. The van der Waals surface area contributed by atoms with Gasteiger partial charge in [-0.2, -0.15) is 0 Å².